The summed E-state index contributed by atoms with van der Waals surface area (Å²) in [6.07, 6.45) is 2.44. The second kappa shape index (κ2) is 8.59. The van der Waals surface area contributed by atoms with Crippen LogP contribution in [0.15, 0.2) is 54.6 Å². The molecule has 1 aliphatic rings. The SMILES string of the molecule is Cc1ccc(Nc2cc(NCC3CCCO3)nc(-c3ccccc3)n2)cc1Cl. The van der Waals surface area contributed by atoms with E-state index in [1.54, 1.807) is 0 Å². The van der Waals surface area contributed by atoms with Gasteiger partial charge in [0.1, 0.15) is 11.6 Å². The zero-order valence-corrected chi connectivity index (χ0v) is 16.5. The second-order valence-corrected chi connectivity index (χ2v) is 7.34. The Balaban J connectivity index is 1.61. The molecule has 0 aliphatic carbocycles. The second-order valence-electron chi connectivity index (χ2n) is 6.93. The fraction of sp³-hybridized carbons (Fsp3) is 0.273. The molecule has 0 spiro atoms. The van der Waals surface area contributed by atoms with Crippen molar-refractivity contribution in [2.45, 2.75) is 25.9 Å². The van der Waals surface area contributed by atoms with Crippen LogP contribution in [0.3, 0.4) is 0 Å². The average molecular weight is 395 g/mol. The summed E-state index contributed by atoms with van der Waals surface area (Å²) in [5.41, 5.74) is 2.89. The fourth-order valence-corrected chi connectivity index (χ4v) is 3.34. The number of aryl methyl sites for hydroxylation is 1. The Labute approximate surface area is 170 Å². The monoisotopic (exact) mass is 394 g/mol. The van der Waals surface area contributed by atoms with Crippen molar-refractivity contribution in [3.8, 4) is 11.4 Å². The minimum Gasteiger partial charge on any atom is -0.376 e. The molecule has 0 saturated carbocycles. The quantitative estimate of drug-likeness (QED) is 0.583. The molecule has 5 nitrogen and oxygen atoms in total. The summed E-state index contributed by atoms with van der Waals surface area (Å²) in [6.45, 7) is 3.56. The Kier molecular flexibility index (Phi) is 5.74. The molecular weight excluding hydrogens is 372 g/mol. The van der Waals surface area contributed by atoms with Crippen molar-refractivity contribution >= 4 is 28.9 Å². The summed E-state index contributed by atoms with van der Waals surface area (Å²) in [4.78, 5) is 9.39. The number of hydrogen-bond acceptors (Lipinski definition) is 5. The number of ether oxygens (including phenoxy) is 1. The third kappa shape index (κ3) is 4.61. The van der Waals surface area contributed by atoms with Gasteiger partial charge in [0.2, 0.25) is 0 Å². The van der Waals surface area contributed by atoms with E-state index in [1.165, 1.54) is 0 Å². The van der Waals surface area contributed by atoms with E-state index in [2.05, 4.69) is 10.6 Å². The number of rotatable bonds is 6. The number of anilines is 3. The molecule has 2 N–H and O–H groups in total. The first-order valence-corrected chi connectivity index (χ1v) is 9.88. The lowest BCUT2D eigenvalue weighted by Crippen LogP contribution is -2.19. The van der Waals surface area contributed by atoms with Crippen molar-refractivity contribution < 1.29 is 4.74 Å². The van der Waals surface area contributed by atoms with Gasteiger partial charge >= 0.3 is 0 Å². The summed E-state index contributed by atoms with van der Waals surface area (Å²) < 4.78 is 5.70. The van der Waals surface area contributed by atoms with Crippen molar-refractivity contribution in [3.05, 3.63) is 65.2 Å². The standard InChI is InChI=1S/C22H23ClN4O/c1-15-9-10-17(12-19(15)23)25-21-13-20(24-14-18-8-5-11-28-18)26-22(27-21)16-6-3-2-4-7-16/h2-4,6-7,9-10,12-13,18H,5,8,11,14H2,1H3,(H2,24,25,26,27). The molecule has 1 saturated heterocycles. The molecule has 1 aromatic heterocycles. The predicted octanol–water partition coefficient (Wildman–Crippen LogP) is 5.44. The molecule has 0 radical (unpaired) electrons. The lowest BCUT2D eigenvalue weighted by Gasteiger charge is -2.14. The summed E-state index contributed by atoms with van der Waals surface area (Å²) >= 11 is 6.26. The molecule has 0 amide bonds. The van der Waals surface area contributed by atoms with Crippen LogP contribution in [-0.2, 0) is 4.74 Å². The highest BCUT2D eigenvalue weighted by atomic mass is 35.5. The van der Waals surface area contributed by atoms with Crippen LogP contribution in [0, 0.1) is 6.92 Å². The van der Waals surface area contributed by atoms with Crippen molar-refractivity contribution in [3.63, 3.8) is 0 Å². The van der Waals surface area contributed by atoms with Crippen molar-refractivity contribution in [2.75, 3.05) is 23.8 Å². The van der Waals surface area contributed by atoms with Crippen LogP contribution in [0.2, 0.25) is 5.02 Å². The van der Waals surface area contributed by atoms with Gasteiger partial charge in [0.15, 0.2) is 5.82 Å². The summed E-state index contributed by atoms with van der Waals surface area (Å²) in [5, 5.41) is 7.47. The number of benzene rings is 2. The minimum atomic E-state index is 0.238. The topological polar surface area (TPSA) is 59.1 Å². The van der Waals surface area contributed by atoms with Crippen LogP contribution in [0.25, 0.3) is 11.4 Å². The lowest BCUT2D eigenvalue weighted by atomic mass is 10.2. The van der Waals surface area contributed by atoms with Crippen molar-refractivity contribution in [2.24, 2.45) is 0 Å². The van der Waals surface area contributed by atoms with Gasteiger partial charge in [-0.2, -0.15) is 0 Å². The molecule has 6 heteroatoms. The van der Waals surface area contributed by atoms with Gasteiger partial charge < -0.3 is 15.4 Å². The number of nitrogens with one attached hydrogen (secondary N) is 2. The first-order valence-electron chi connectivity index (χ1n) is 9.50. The Morgan fingerprint density at radius 2 is 1.89 bits per heavy atom. The van der Waals surface area contributed by atoms with E-state index in [1.807, 2.05) is 61.5 Å². The van der Waals surface area contributed by atoms with Gasteiger partial charge in [-0.25, -0.2) is 9.97 Å². The molecule has 1 fully saturated rings. The molecule has 2 aromatic carbocycles. The number of nitrogens with zero attached hydrogens (tertiary/aromatic N) is 2. The normalized spacial score (nSPS) is 16.1. The van der Waals surface area contributed by atoms with Crippen LogP contribution in [0.5, 0.6) is 0 Å². The van der Waals surface area contributed by atoms with Gasteiger partial charge in [0.25, 0.3) is 0 Å². The van der Waals surface area contributed by atoms with Crippen LogP contribution in [-0.4, -0.2) is 29.2 Å². The average Bonchev–Trinajstić information content (AvgIpc) is 3.23. The first-order chi connectivity index (χ1) is 13.7. The van der Waals surface area contributed by atoms with Crippen molar-refractivity contribution in [1.29, 1.82) is 0 Å². The molecule has 0 bridgehead atoms. The smallest absolute Gasteiger partial charge is 0.163 e. The Hall–Kier alpha value is -2.63. The Morgan fingerprint density at radius 3 is 2.64 bits per heavy atom. The van der Waals surface area contributed by atoms with E-state index in [-0.39, 0.29) is 6.10 Å². The summed E-state index contributed by atoms with van der Waals surface area (Å²) in [5.74, 6) is 2.15. The van der Waals surface area contributed by atoms with E-state index >= 15 is 0 Å². The van der Waals surface area contributed by atoms with Crippen LogP contribution in [0.4, 0.5) is 17.3 Å². The Morgan fingerprint density at radius 1 is 1.07 bits per heavy atom. The maximum absolute atomic E-state index is 6.26. The van der Waals surface area contributed by atoms with Crippen LogP contribution in [0.1, 0.15) is 18.4 Å². The third-order valence-corrected chi connectivity index (χ3v) is 5.14. The highest BCUT2D eigenvalue weighted by Gasteiger charge is 2.16. The molecule has 144 valence electrons. The lowest BCUT2D eigenvalue weighted by molar-refractivity contribution is 0.120. The van der Waals surface area contributed by atoms with E-state index in [0.717, 1.165) is 53.6 Å². The van der Waals surface area contributed by atoms with E-state index in [0.29, 0.717) is 11.6 Å². The highest BCUT2D eigenvalue weighted by molar-refractivity contribution is 6.31. The van der Waals surface area contributed by atoms with E-state index in [9.17, 15) is 0 Å². The largest absolute Gasteiger partial charge is 0.376 e. The molecule has 1 atom stereocenters. The zero-order chi connectivity index (χ0) is 19.3. The molecular formula is C22H23ClN4O. The molecule has 1 aliphatic heterocycles. The van der Waals surface area contributed by atoms with Gasteiger partial charge in [-0.3, -0.25) is 0 Å². The van der Waals surface area contributed by atoms with E-state index < -0.39 is 0 Å². The van der Waals surface area contributed by atoms with Crippen LogP contribution >= 0.6 is 11.6 Å². The number of aromatic nitrogens is 2. The minimum absolute atomic E-state index is 0.238. The predicted molar refractivity (Wildman–Crippen MR) is 114 cm³/mol. The molecule has 28 heavy (non-hydrogen) atoms. The number of halogens is 1. The molecule has 2 heterocycles. The van der Waals surface area contributed by atoms with Gasteiger partial charge in [-0.15, -0.1) is 0 Å². The van der Waals surface area contributed by atoms with Gasteiger partial charge in [-0.1, -0.05) is 48.0 Å². The fourth-order valence-electron chi connectivity index (χ4n) is 3.16. The van der Waals surface area contributed by atoms with Gasteiger partial charge in [-0.05, 0) is 37.5 Å². The first kappa shape index (κ1) is 18.7. The molecule has 1 unspecified atom stereocenters. The highest BCUT2D eigenvalue weighted by Crippen LogP contribution is 2.26. The van der Waals surface area contributed by atoms with Gasteiger partial charge in [0, 0.05) is 35.5 Å². The van der Waals surface area contributed by atoms with Gasteiger partial charge in [0.05, 0.1) is 6.10 Å². The van der Waals surface area contributed by atoms with Crippen molar-refractivity contribution in [1.82, 2.24) is 9.97 Å². The Bertz CT molecular complexity index is 943. The maximum atomic E-state index is 6.26. The zero-order valence-electron chi connectivity index (χ0n) is 15.8. The third-order valence-electron chi connectivity index (χ3n) is 4.74. The van der Waals surface area contributed by atoms with Crippen LogP contribution < -0.4 is 10.6 Å². The summed E-state index contributed by atoms with van der Waals surface area (Å²) in [6, 6.07) is 17.8. The number of hydrogen-bond donors (Lipinski definition) is 2. The molecule has 4 rings (SSSR count). The maximum Gasteiger partial charge on any atom is 0.163 e. The van der Waals surface area contributed by atoms with E-state index in [4.69, 9.17) is 26.3 Å². The summed E-state index contributed by atoms with van der Waals surface area (Å²) in [7, 11) is 0. The molecule has 3 aromatic rings.